The Hall–Kier alpha value is -0.300. The molecule has 0 bridgehead atoms. The fourth-order valence-electron chi connectivity index (χ4n) is 3.26. The summed E-state index contributed by atoms with van der Waals surface area (Å²) in [5.41, 5.74) is 1.44. The van der Waals surface area contributed by atoms with Crippen LogP contribution in [0.3, 0.4) is 0 Å². The Bertz CT molecular complexity index is 232. The van der Waals surface area contributed by atoms with E-state index in [-0.39, 0.29) is 0 Å². The highest BCUT2D eigenvalue weighted by Gasteiger charge is 2.31. The van der Waals surface area contributed by atoms with Crippen LogP contribution in [0.4, 0.5) is 0 Å². The van der Waals surface area contributed by atoms with Crippen molar-refractivity contribution in [3.8, 4) is 0 Å². The van der Waals surface area contributed by atoms with Gasteiger partial charge in [0.05, 0.1) is 0 Å². The van der Waals surface area contributed by atoms with Crippen LogP contribution in [0.25, 0.3) is 0 Å². The van der Waals surface area contributed by atoms with Gasteiger partial charge in [0, 0.05) is 0 Å². The van der Waals surface area contributed by atoms with Crippen molar-refractivity contribution in [2.24, 2.45) is 23.7 Å². The van der Waals surface area contributed by atoms with Crippen molar-refractivity contribution in [1.82, 2.24) is 5.32 Å². The molecule has 1 heteroatoms. The van der Waals surface area contributed by atoms with Crippen LogP contribution in [0.5, 0.6) is 0 Å². The van der Waals surface area contributed by atoms with E-state index in [1.807, 2.05) is 0 Å². The Labute approximate surface area is 108 Å². The molecule has 1 fully saturated rings. The maximum Gasteiger partial charge on any atom is -0.00208 e. The Morgan fingerprint density at radius 1 is 1.29 bits per heavy atom. The predicted molar refractivity (Wildman–Crippen MR) is 77.1 cm³/mol. The van der Waals surface area contributed by atoms with Crippen LogP contribution in [0.15, 0.2) is 12.2 Å². The maximum absolute atomic E-state index is 4.21. The second-order valence-corrected chi connectivity index (χ2v) is 6.20. The monoisotopic (exact) mass is 237 g/mol. The second kappa shape index (κ2) is 7.20. The summed E-state index contributed by atoms with van der Waals surface area (Å²) in [5, 5.41) is 3.37. The van der Waals surface area contributed by atoms with Crippen LogP contribution in [-0.2, 0) is 0 Å². The molecule has 0 aromatic carbocycles. The first-order chi connectivity index (χ1) is 8.08. The molecule has 0 aliphatic heterocycles. The van der Waals surface area contributed by atoms with E-state index in [1.165, 1.54) is 37.8 Å². The first-order valence-corrected chi connectivity index (χ1v) is 7.39. The van der Waals surface area contributed by atoms with Gasteiger partial charge in [-0.2, -0.15) is 0 Å². The number of hydrogen-bond acceptors (Lipinski definition) is 1. The molecule has 0 aromatic rings. The van der Waals surface area contributed by atoms with E-state index in [4.69, 9.17) is 0 Å². The number of hydrogen-bond donors (Lipinski definition) is 1. The molecule has 0 heterocycles. The number of nitrogens with one attached hydrogen (secondary N) is 1. The maximum atomic E-state index is 4.21. The third-order valence-electron chi connectivity index (χ3n) is 4.64. The van der Waals surface area contributed by atoms with E-state index >= 15 is 0 Å². The highest BCUT2D eigenvalue weighted by atomic mass is 14.8. The van der Waals surface area contributed by atoms with Gasteiger partial charge in [-0.25, -0.2) is 0 Å². The third-order valence-corrected chi connectivity index (χ3v) is 4.64. The lowest BCUT2D eigenvalue weighted by molar-refractivity contribution is 0.145. The van der Waals surface area contributed by atoms with Gasteiger partial charge in [0.2, 0.25) is 0 Å². The molecule has 1 aliphatic carbocycles. The summed E-state index contributed by atoms with van der Waals surface area (Å²) in [6, 6.07) is 0. The van der Waals surface area contributed by atoms with Crippen molar-refractivity contribution in [1.29, 1.82) is 0 Å². The van der Waals surface area contributed by atoms with Gasteiger partial charge in [0.15, 0.2) is 0 Å². The van der Waals surface area contributed by atoms with Crippen molar-refractivity contribution in [3.63, 3.8) is 0 Å². The molecule has 1 saturated carbocycles. The van der Waals surface area contributed by atoms with Crippen LogP contribution in [0.1, 0.15) is 52.9 Å². The second-order valence-electron chi connectivity index (χ2n) is 6.20. The molecule has 1 N–H and O–H groups in total. The lowest BCUT2D eigenvalue weighted by Gasteiger charge is -2.38. The van der Waals surface area contributed by atoms with Crippen LogP contribution in [0.2, 0.25) is 0 Å². The van der Waals surface area contributed by atoms with Crippen LogP contribution >= 0.6 is 0 Å². The zero-order chi connectivity index (χ0) is 12.8. The standard InChI is InChI=1S/C16H31N/c1-6-13(4)9-16-10-14(12(2)3)7-8-15(16)11-17-5/h12,14-17H,4,6-11H2,1-3,5H3. The fraction of sp³-hybridized carbons (Fsp3) is 0.875. The van der Waals surface area contributed by atoms with Gasteiger partial charge in [-0.05, 0) is 69.4 Å². The molecule has 17 heavy (non-hydrogen) atoms. The number of allylic oxidation sites excluding steroid dienone is 1. The van der Waals surface area contributed by atoms with Gasteiger partial charge in [-0.1, -0.05) is 32.9 Å². The third kappa shape index (κ3) is 4.46. The van der Waals surface area contributed by atoms with Crippen molar-refractivity contribution in [2.45, 2.75) is 52.9 Å². The minimum atomic E-state index is 0.850. The summed E-state index contributed by atoms with van der Waals surface area (Å²) in [4.78, 5) is 0. The Kier molecular flexibility index (Phi) is 6.26. The average Bonchev–Trinajstić information content (AvgIpc) is 2.31. The van der Waals surface area contributed by atoms with Gasteiger partial charge >= 0.3 is 0 Å². The SMILES string of the molecule is C=C(CC)CC1CC(C(C)C)CCC1CNC. The minimum Gasteiger partial charge on any atom is -0.319 e. The molecular weight excluding hydrogens is 206 g/mol. The molecule has 0 aromatic heterocycles. The van der Waals surface area contributed by atoms with Crippen LogP contribution < -0.4 is 5.32 Å². The molecule has 3 unspecified atom stereocenters. The Morgan fingerprint density at radius 2 is 2.00 bits per heavy atom. The van der Waals surface area contributed by atoms with E-state index in [0.29, 0.717) is 0 Å². The summed E-state index contributed by atoms with van der Waals surface area (Å²) >= 11 is 0. The smallest absolute Gasteiger partial charge is 0.00208 e. The van der Waals surface area contributed by atoms with E-state index in [2.05, 4.69) is 39.7 Å². The first-order valence-electron chi connectivity index (χ1n) is 7.39. The van der Waals surface area contributed by atoms with E-state index in [9.17, 15) is 0 Å². The van der Waals surface area contributed by atoms with Crippen LogP contribution in [0, 0.1) is 23.7 Å². The predicted octanol–water partition coefficient (Wildman–Crippen LogP) is 4.25. The molecule has 0 amide bonds. The molecule has 0 spiro atoms. The highest BCUT2D eigenvalue weighted by molar-refractivity contribution is 4.97. The van der Waals surface area contributed by atoms with E-state index in [1.54, 1.807) is 0 Å². The highest BCUT2D eigenvalue weighted by Crippen LogP contribution is 2.40. The van der Waals surface area contributed by atoms with Gasteiger partial charge in [-0.15, -0.1) is 0 Å². The molecule has 1 nitrogen and oxygen atoms in total. The van der Waals surface area contributed by atoms with Crippen molar-refractivity contribution < 1.29 is 0 Å². The molecule has 0 radical (unpaired) electrons. The lowest BCUT2D eigenvalue weighted by Crippen LogP contribution is -2.33. The quantitative estimate of drug-likeness (QED) is 0.681. The topological polar surface area (TPSA) is 12.0 Å². The van der Waals surface area contributed by atoms with Crippen molar-refractivity contribution >= 4 is 0 Å². The lowest BCUT2D eigenvalue weighted by atomic mass is 9.68. The van der Waals surface area contributed by atoms with Gasteiger partial charge in [-0.3, -0.25) is 0 Å². The van der Waals surface area contributed by atoms with Crippen molar-refractivity contribution in [2.75, 3.05) is 13.6 Å². The van der Waals surface area contributed by atoms with Crippen LogP contribution in [-0.4, -0.2) is 13.6 Å². The largest absolute Gasteiger partial charge is 0.319 e. The molecule has 100 valence electrons. The molecule has 0 saturated heterocycles. The van der Waals surface area contributed by atoms with Gasteiger partial charge < -0.3 is 5.32 Å². The summed E-state index contributed by atoms with van der Waals surface area (Å²) in [6.07, 6.45) is 6.66. The van der Waals surface area contributed by atoms with Crippen molar-refractivity contribution in [3.05, 3.63) is 12.2 Å². The summed E-state index contributed by atoms with van der Waals surface area (Å²) in [7, 11) is 2.08. The van der Waals surface area contributed by atoms with E-state index < -0.39 is 0 Å². The number of rotatable bonds is 6. The fourth-order valence-corrected chi connectivity index (χ4v) is 3.26. The minimum absolute atomic E-state index is 0.850. The summed E-state index contributed by atoms with van der Waals surface area (Å²) < 4.78 is 0. The summed E-state index contributed by atoms with van der Waals surface area (Å²) in [6.45, 7) is 12.4. The van der Waals surface area contributed by atoms with Gasteiger partial charge in [0.1, 0.15) is 0 Å². The first kappa shape index (κ1) is 14.8. The normalized spacial score (nSPS) is 29.6. The summed E-state index contributed by atoms with van der Waals surface area (Å²) in [5.74, 6) is 3.54. The molecule has 3 atom stereocenters. The Balaban J connectivity index is 2.58. The van der Waals surface area contributed by atoms with Gasteiger partial charge in [0.25, 0.3) is 0 Å². The molecular formula is C16H31N. The van der Waals surface area contributed by atoms with E-state index in [0.717, 1.165) is 30.1 Å². The zero-order valence-corrected chi connectivity index (χ0v) is 12.3. The molecule has 1 aliphatic rings. The zero-order valence-electron chi connectivity index (χ0n) is 12.3. The Morgan fingerprint density at radius 3 is 2.53 bits per heavy atom. The average molecular weight is 237 g/mol. The molecule has 1 rings (SSSR count).